The van der Waals surface area contributed by atoms with Crippen LogP contribution in [0.1, 0.15) is 25.6 Å². The maximum absolute atomic E-state index is 5.63. The summed E-state index contributed by atoms with van der Waals surface area (Å²) in [4.78, 5) is 0. The molecule has 4 heteroatoms. The molecule has 0 unspecified atom stereocenters. The van der Waals surface area contributed by atoms with E-state index in [9.17, 15) is 0 Å². The zero-order valence-electron chi connectivity index (χ0n) is 6.63. The minimum atomic E-state index is 0.448. The number of hydrogen-bond donors (Lipinski definition) is 0. The highest BCUT2D eigenvalue weighted by Crippen LogP contribution is 2.01. The van der Waals surface area contributed by atoms with Crippen molar-refractivity contribution in [1.82, 2.24) is 14.8 Å². The maximum atomic E-state index is 5.63. The molecule has 0 bridgehead atoms. The molecule has 0 aliphatic rings. The van der Waals surface area contributed by atoms with Gasteiger partial charge in [-0.25, -0.2) is 0 Å². The molecule has 0 N–H and O–H groups in total. The molecule has 1 aromatic rings. The number of alkyl halides is 1. The summed E-state index contributed by atoms with van der Waals surface area (Å²) < 4.78 is 2.00. The van der Waals surface area contributed by atoms with Gasteiger partial charge < -0.3 is 4.57 Å². The van der Waals surface area contributed by atoms with Crippen LogP contribution in [0.4, 0.5) is 0 Å². The van der Waals surface area contributed by atoms with Crippen LogP contribution in [0.15, 0.2) is 6.33 Å². The number of nitrogens with zero attached hydrogens (tertiary/aromatic N) is 3. The summed E-state index contributed by atoms with van der Waals surface area (Å²) in [5, 5.41) is 7.64. The van der Waals surface area contributed by atoms with Crippen LogP contribution in [-0.4, -0.2) is 14.8 Å². The summed E-state index contributed by atoms with van der Waals surface area (Å²) in [6, 6.07) is 0. The van der Waals surface area contributed by atoms with E-state index in [0.29, 0.717) is 5.88 Å². The molecule has 0 aliphatic heterocycles. The molecule has 1 heterocycles. The lowest BCUT2D eigenvalue weighted by Crippen LogP contribution is -2.00. The zero-order chi connectivity index (χ0) is 8.10. The van der Waals surface area contributed by atoms with Crippen LogP contribution < -0.4 is 0 Å². The van der Waals surface area contributed by atoms with E-state index < -0.39 is 0 Å². The highest BCUT2D eigenvalue weighted by Gasteiger charge is 1.99. The molecule has 1 aromatic heterocycles. The third-order valence-corrected chi connectivity index (χ3v) is 1.81. The van der Waals surface area contributed by atoms with Gasteiger partial charge in [-0.15, -0.1) is 21.8 Å². The summed E-state index contributed by atoms with van der Waals surface area (Å²) in [7, 11) is 0. The van der Waals surface area contributed by atoms with Gasteiger partial charge in [-0.1, -0.05) is 13.3 Å². The second kappa shape index (κ2) is 4.34. The molecular formula is C7H12ClN3. The molecule has 0 fully saturated rings. The maximum Gasteiger partial charge on any atom is 0.147 e. The average Bonchev–Trinajstić information content (AvgIpc) is 2.47. The Labute approximate surface area is 71.4 Å². The highest BCUT2D eigenvalue weighted by atomic mass is 35.5. The fraction of sp³-hybridized carbons (Fsp3) is 0.714. The first kappa shape index (κ1) is 8.53. The quantitative estimate of drug-likeness (QED) is 0.651. The Morgan fingerprint density at radius 1 is 1.64 bits per heavy atom. The Morgan fingerprint density at radius 2 is 2.45 bits per heavy atom. The van der Waals surface area contributed by atoms with E-state index in [4.69, 9.17) is 11.6 Å². The lowest BCUT2D eigenvalue weighted by atomic mass is 10.3. The molecule has 1 rings (SSSR count). The highest BCUT2D eigenvalue weighted by molar-refractivity contribution is 6.16. The molecule has 0 saturated heterocycles. The van der Waals surface area contributed by atoms with Gasteiger partial charge in [0, 0.05) is 6.54 Å². The fourth-order valence-electron chi connectivity index (χ4n) is 0.898. The van der Waals surface area contributed by atoms with Crippen LogP contribution in [0.3, 0.4) is 0 Å². The van der Waals surface area contributed by atoms with Gasteiger partial charge in [-0.2, -0.15) is 0 Å². The first-order valence-electron chi connectivity index (χ1n) is 3.81. The molecule has 0 aromatic carbocycles. The number of hydrogen-bond acceptors (Lipinski definition) is 2. The second-order valence-corrected chi connectivity index (χ2v) is 2.70. The van der Waals surface area contributed by atoms with Crippen LogP contribution >= 0.6 is 11.6 Å². The monoisotopic (exact) mass is 173 g/mol. The fourth-order valence-corrected chi connectivity index (χ4v) is 1.10. The molecular weight excluding hydrogens is 162 g/mol. The minimum absolute atomic E-state index is 0.448. The number of halogens is 1. The van der Waals surface area contributed by atoms with Crippen LogP contribution in [-0.2, 0) is 12.4 Å². The molecule has 62 valence electrons. The molecule has 3 nitrogen and oxygen atoms in total. The van der Waals surface area contributed by atoms with E-state index in [2.05, 4.69) is 17.1 Å². The van der Waals surface area contributed by atoms with E-state index in [1.54, 1.807) is 6.33 Å². The molecule has 11 heavy (non-hydrogen) atoms. The first-order chi connectivity index (χ1) is 5.38. The third-order valence-electron chi connectivity index (χ3n) is 1.57. The lowest BCUT2D eigenvalue weighted by molar-refractivity contribution is 0.613. The number of aromatic nitrogens is 3. The van der Waals surface area contributed by atoms with Crippen molar-refractivity contribution < 1.29 is 0 Å². The number of unbranched alkanes of at least 4 members (excludes halogenated alkanes) is 1. The van der Waals surface area contributed by atoms with E-state index in [1.807, 2.05) is 4.57 Å². The zero-order valence-corrected chi connectivity index (χ0v) is 7.38. The van der Waals surface area contributed by atoms with Gasteiger partial charge in [0.1, 0.15) is 12.2 Å². The van der Waals surface area contributed by atoms with Crippen molar-refractivity contribution in [3.05, 3.63) is 12.2 Å². The summed E-state index contributed by atoms with van der Waals surface area (Å²) in [5.74, 6) is 1.31. The van der Waals surface area contributed by atoms with Gasteiger partial charge in [-0.3, -0.25) is 0 Å². The van der Waals surface area contributed by atoms with Gasteiger partial charge in [-0.05, 0) is 6.42 Å². The van der Waals surface area contributed by atoms with Crippen molar-refractivity contribution in [2.24, 2.45) is 0 Å². The Bertz CT molecular complexity index is 209. The topological polar surface area (TPSA) is 30.7 Å². The largest absolute Gasteiger partial charge is 0.317 e. The Hall–Kier alpha value is -0.570. The second-order valence-electron chi connectivity index (χ2n) is 2.43. The number of aryl methyl sites for hydroxylation is 1. The van der Waals surface area contributed by atoms with Crippen molar-refractivity contribution in [3.8, 4) is 0 Å². The Morgan fingerprint density at radius 3 is 3.09 bits per heavy atom. The van der Waals surface area contributed by atoms with Gasteiger partial charge in [0.05, 0.1) is 5.88 Å². The average molecular weight is 174 g/mol. The molecule has 0 spiro atoms. The first-order valence-corrected chi connectivity index (χ1v) is 4.34. The predicted octanol–water partition coefficient (Wildman–Crippen LogP) is 1.82. The van der Waals surface area contributed by atoms with Crippen molar-refractivity contribution in [2.75, 3.05) is 0 Å². The summed E-state index contributed by atoms with van der Waals surface area (Å²) in [5.41, 5.74) is 0. The van der Waals surface area contributed by atoms with E-state index in [1.165, 1.54) is 6.42 Å². The van der Waals surface area contributed by atoms with Crippen molar-refractivity contribution in [2.45, 2.75) is 32.2 Å². The van der Waals surface area contributed by atoms with Gasteiger partial charge in [0.2, 0.25) is 0 Å². The van der Waals surface area contributed by atoms with Crippen LogP contribution in [0.2, 0.25) is 0 Å². The third kappa shape index (κ3) is 2.19. The standard InChI is InChI=1S/C7H12ClN3/c1-2-3-4-11-6-9-10-7(11)5-8/h6H,2-5H2,1H3. The van der Waals surface area contributed by atoms with Crippen molar-refractivity contribution in [1.29, 1.82) is 0 Å². The molecule has 0 saturated carbocycles. The van der Waals surface area contributed by atoms with Crippen LogP contribution in [0.25, 0.3) is 0 Å². The smallest absolute Gasteiger partial charge is 0.147 e. The predicted molar refractivity (Wildman–Crippen MR) is 44.5 cm³/mol. The molecule has 0 radical (unpaired) electrons. The molecule has 0 atom stereocenters. The summed E-state index contributed by atoms with van der Waals surface area (Å²) >= 11 is 5.63. The number of rotatable bonds is 4. The normalized spacial score (nSPS) is 10.4. The van der Waals surface area contributed by atoms with Crippen LogP contribution in [0, 0.1) is 0 Å². The van der Waals surface area contributed by atoms with Gasteiger partial charge in [0.15, 0.2) is 0 Å². The van der Waals surface area contributed by atoms with Crippen LogP contribution in [0.5, 0.6) is 0 Å². The van der Waals surface area contributed by atoms with Crippen molar-refractivity contribution in [3.63, 3.8) is 0 Å². The van der Waals surface area contributed by atoms with E-state index in [-0.39, 0.29) is 0 Å². The Balaban J connectivity index is 2.54. The van der Waals surface area contributed by atoms with Gasteiger partial charge in [0.25, 0.3) is 0 Å². The van der Waals surface area contributed by atoms with Crippen molar-refractivity contribution >= 4 is 11.6 Å². The Kier molecular flexibility index (Phi) is 3.36. The lowest BCUT2D eigenvalue weighted by Gasteiger charge is -2.01. The van der Waals surface area contributed by atoms with E-state index >= 15 is 0 Å². The van der Waals surface area contributed by atoms with E-state index in [0.717, 1.165) is 18.8 Å². The molecule has 0 aliphatic carbocycles. The SMILES string of the molecule is CCCCn1cnnc1CCl. The summed E-state index contributed by atoms with van der Waals surface area (Å²) in [6.07, 6.45) is 4.06. The minimum Gasteiger partial charge on any atom is -0.317 e. The van der Waals surface area contributed by atoms with Gasteiger partial charge >= 0.3 is 0 Å². The molecule has 0 amide bonds. The summed E-state index contributed by atoms with van der Waals surface area (Å²) in [6.45, 7) is 3.14.